The van der Waals surface area contributed by atoms with Crippen LogP contribution in [0.2, 0.25) is 0 Å². The molecular weight excluding hydrogens is 487 g/mol. The van der Waals surface area contributed by atoms with Crippen molar-refractivity contribution in [3.8, 4) is 28.6 Å². The highest BCUT2D eigenvalue weighted by Gasteiger charge is 2.21. The summed E-state index contributed by atoms with van der Waals surface area (Å²) in [6, 6.07) is 3.45. The molecule has 1 amide bonds. The number of nitrogens with zero attached hydrogens (tertiary/aromatic N) is 7. The molecule has 0 unspecified atom stereocenters. The van der Waals surface area contributed by atoms with Gasteiger partial charge >= 0.3 is 0 Å². The number of halogens is 1. The van der Waals surface area contributed by atoms with Crippen molar-refractivity contribution in [3.05, 3.63) is 61.0 Å². The van der Waals surface area contributed by atoms with Crippen LogP contribution < -0.4 is 5.32 Å². The van der Waals surface area contributed by atoms with E-state index in [1.54, 1.807) is 29.2 Å². The Bertz CT molecular complexity index is 1800. The van der Waals surface area contributed by atoms with Gasteiger partial charge in [0, 0.05) is 30.6 Å². The van der Waals surface area contributed by atoms with Crippen molar-refractivity contribution in [1.82, 2.24) is 44.7 Å². The lowest BCUT2D eigenvalue weighted by Gasteiger charge is -2.08. The summed E-state index contributed by atoms with van der Waals surface area (Å²) in [5.74, 6) is 0.281. The molecule has 0 aromatic carbocycles. The Morgan fingerprint density at radius 2 is 2.03 bits per heavy atom. The molecule has 0 bridgehead atoms. The highest BCUT2D eigenvalue weighted by Crippen LogP contribution is 2.33. The minimum atomic E-state index is -0.577. The molecule has 190 valence electrons. The summed E-state index contributed by atoms with van der Waals surface area (Å²) in [5, 5.41) is 10.2. The quantitative estimate of drug-likeness (QED) is 0.282. The monoisotopic (exact) mass is 510 g/mol. The van der Waals surface area contributed by atoms with Gasteiger partial charge in [0.25, 0.3) is 0 Å². The third-order valence-electron chi connectivity index (χ3n) is 6.16. The molecule has 38 heavy (non-hydrogen) atoms. The Morgan fingerprint density at radius 3 is 2.84 bits per heavy atom. The summed E-state index contributed by atoms with van der Waals surface area (Å²) in [6.07, 6.45) is 11.8. The first-order valence-corrected chi connectivity index (χ1v) is 12.2. The number of hydrogen-bond acceptors (Lipinski definition) is 7. The van der Waals surface area contributed by atoms with Gasteiger partial charge in [0.2, 0.25) is 5.91 Å². The second-order valence-electron chi connectivity index (χ2n) is 8.93. The van der Waals surface area contributed by atoms with Crippen molar-refractivity contribution in [3.63, 3.8) is 0 Å². The second kappa shape index (κ2) is 9.47. The van der Waals surface area contributed by atoms with Crippen LogP contribution in [0.5, 0.6) is 0 Å². The Balaban J connectivity index is 1.41. The van der Waals surface area contributed by atoms with E-state index in [-0.39, 0.29) is 17.0 Å². The molecule has 12 heteroatoms. The number of unbranched alkanes of at least 4 members (excludes halogenated alkanes) is 1. The highest BCUT2D eigenvalue weighted by molar-refractivity contribution is 5.96. The number of aromatic amines is 2. The predicted molar refractivity (Wildman–Crippen MR) is 140 cm³/mol. The molecule has 0 atom stereocenters. The molecule has 6 aromatic rings. The average Bonchev–Trinajstić information content (AvgIpc) is 3.65. The van der Waals surface area contributed by atoms with Crippen LogP contribution in [0.1, 0.15) is 31.9 Å². The normalized spacial score (nSPS) is 11.4. The number of anilines is 1. The third-order valence-corrected chi connectivity index (χ3v) is 6.16. The molecule has 11 nitrogen and oxygen atoms in total. The van der Waals surface area contributed by atoms with Gasteiger partial charge in [-0.15, -0.1) is 0 Å². The number of aryl methyl sites for hydroxylation is 1. The van der Waals surface area contributed by atoms with Crippen LogP contribution in [-0.2, 0) is 4.79 Å². The fraction of sp³-hybridized carbons (Fsp3) is 0.192. The van der Waals surface area contributed by atoms with Crippen molar-refractivity contribution >= 4 is 33.5 Å². The van der Waals surface area contributed by atoms with E-state index in [2.05, 4.69) is 40.4 Å². The fourth-order valence-electron chi connectivity index (χ4n) is 4.31. The minimum Gasteiger partial charge on any atom is -0.336 e. The number of aromatic nitrogens is 9. The third kappa shape index (κ3) is 4.15. The van der Waals surface area contributed by atoms with Gasteiger partial charge in [-0.1, -0.05) is 13.3 Å². The Kier molecular flexibility index (Phi) is 5.83. The van der Waals surface area contributed by atoms with Gasteiger partial charge in [-0.05, 0) is 25.5 Å². The van der Waals surface area contributed by atoms with Gasteiger partial charge in [-0.2, -0.15) is 5.10 Å². The molecule has 0 saturated heterocycles. The number of nitrogens with one attached hydrogen (secondary N) is 3. The number of H-pyrrole nitrogens is 2. The van der Waals surface area contributed by atoms with Crippen LogP contribution >= 0.6 is 0 Å². The van der Waals surface area contributed by atoms with E-state index in [0.717, 1.165) is 24.1 Å². The summed E-state index contributed by atoms with van der Waals surface area (Å²) >= 11 is 0. The van der Waals surface area contributed by atoms with E-state index in [1.807, 2.05) is 20.0 Å². The Morgan fingerprint density at radius 1 is 1.13 bits per heavy atom. The van der Waals surface area contributed by atoms with Crippen molar-refractivity contribution in [2.24, 2.45) is 0 Å². The molecular formula is C26H23FN10O. The predicted octanol–water partition coefficient (Wildman–Crippen LogP) is 4.72. The highest BCUT2D eigenvalue weighted by atomic mass is 19.1. The standard InChI is InChI=1S/C26H23FN10O/c1-3-4-5-19(38)32-16-8-15(9-28-10-16)22-21(27)20-18(11-30-22)35-36-24(20)25-33-17-6-7-29-26(23(17)34-25)37-12-14(2)31-13-37/h6-13H,3-5H2,1-2H3,(H,32,38)(H,33,34)(H,35,36). The van der Waals surface area contributed by atoms with Crippen LogP contribution in [-0.4, -0.2) is 50.6 Å². The van der Waals surface area contributed by atoms with E-state index in [4.69, 9.17) is 4.98 Å². The van der Waals surface area contributed by atoms with E-state index in [0.29, 0.717) is 46.0 Å². The number of fused-ring (bicyclic) bond motifs is 2. The summed E-state index contributed by atoms with van der Waals surface area (Å²) in [5.41, 5.74) is 3.88. The number of carbonyl (C=O) groups is 1. The van der Waals surface area contributed by atoms with Gasteiger partial charge in [0.1, 0.15) is 23.2 Å². The summed E-state index contributed by atoms with van der Waals surface area (Å²) in [7, 11) is 0. The minimum absolute atomic E-state index is 0.0877. The van der Waals surface area contributed by atoms with Crippen LogP contribution in [0, 0.1) is 12.7 Å². The number of carbonyl (C=O) groups excluding carboxylic acids is 1. The van der Waals surface area contributed by atoms with Crippen LogP contribution in [0.3, 0.4) is 0 Å². The first-order chi connectivity index (χ1) is 18.5. The van der Waals surface area contributed by atoms with Gasteiger partial charge in [-0.3, -0.25) is 24.4 Å². The Hall–Kier alpha value is -5.00. The van der Waals surface area contributed by atoms with Crippen molar-refractivity contribution in [2.75, 3.05) is 5.32 Å². The molecule has 0 spiro atoms. The number of pyridine rings is 3. The first kappa shape index (κ1) is 23.4. The number of hydrogen-bond donors (Lipinski definition) is 3. The molecule has 6 heterocycles. The number of rotatable bonds is 7. The zero-order chi connectivity index (χ0) is 26.2. The molecule has 0 saturated carbocycles. The van der Waals surface area contributed by atoms with Gasteiger partial charge in [0.15, 0.2) is 17.5 Å². The van der Waals surface area contributed by atoms with Crippen LogP contribution in [0.4, 0.5) is 10.1 Å². The lowest BCUT2D eigenvalue weighted by Crippen LogP contribution is -2.11. The lowest BCUT2D eigenvalue weighted by atomic mass is 10.1. The maximum Gasteiger partial charge on any atom is 0.224 e. The van der Waals surface area contributed by atoms with Crippen LogP contribution in [0.15, 0.2) is 49.4 Å². The van der Waals surface area contributed by atoms with E-state index in [1.165, 1.54) is 18.6 Å². The lowest BCUT2D eigenvalue weighted by molar-refractivity contribution is -0.116. The van der Waals surface area contributed by atoms with E-state index in [9.17, 15) is 4.79 Å². The largest absolute Gasteiger partial charge is 0.336 e. The molecule has 6 rings (SSSR count). The smallest absolute Gasteiger partial charge is 0.224 e. The van der Waals surface area contributed by atoms with Crippen LogP contribution in [0.25, 0.3) is 50.5 Å². The summed E-state index contributed by atoms with van der Waals surface area (Å²) in [6.45, 7) is 3.91. The molecule has 0 aliphatic rings. The maximum absolute atomic E-state index is 16.0. The van der Waals surface area contributed by atoms with Crippen molar-refractivity contribution in [1.29, 1.82) is 0 Å². The fourth-order valence-corrected chi connectivity index (χ4v) is 4.31. The van der Waals surface area contributed by atoms with Crippen molar-refractivity contribution < 1.29 is 9.18 Å². The van der Waals surface area contributed by atoms with E-state index < -0.39 is 5.82 Å². The summed E-state index contributed by atoms with van der Waals surface area (Å²) < 4.78 is 17.8. The van der Waals surface area contributed by atoms with Crippen molar-refractivity contribution in [2.45, 2.75) is 33.1 Å². The zero-order valence-corrected chi connectivity index (χ0v) is 20.7. The number of imidazole rings is 2. The molecule has 0 fully saturated rings. The average molecular weight is 511 g/mol. The maximum atomic E-state index is 16.0. The first-order valence-electron chi connectivity index (χ1n) is 12.2. The molecule has 0 aliphatic heterocycles. The van der Waals surface area contributed by atoms with E-state index >= 15 is 4.39 Å². The molecule has 0 aliphatic carbocycles. The Labute approximate surface area is 215 Å². The second-order valence-corrected chi connectivity index (χ2v) is 8.93. The van der Waals surface area contributed by atoms with Gasteiger partial charge < -0.3 is 10.3 Å². The molecule has 6 aromatic heterocycles. The van der Waals surface area contributed by atoms with Gasteiger partial charge in [-0.25, -0.2) is 19.3 Å². The molecule has 3 N–H and O–H groups in total. The number of amides is 1. The molecule has 0 radical (unpaired) electrons. The SMILES string of the molecule is CCCCC(=O)Nc1cncc(-c2ncc3[nH]nc(-c4nc5c(-n6cnc(C)c6)nccc5[nH]4)c3c2F)c1. The zero-order valence-electron chi connectivity index (χ0n) is 20.7. The topological polar surface area (TPSA) is 143 Å². The van der Waals surface area contributed by atoms with Gasteiger partial charge in [0.05, 0.1) is 40.2 Å². The summed E-state index contributed by atoms with van der Waals surface area (Å²) in [4.78, 5) is 37.3.